The minimum Gasteiger partial charge on any atom is -0.466 e. The van der Waals surface area contributed by atoms with Gasteiger partial charge in [-0.05, 0) is 38.3 Å². The first-order valence-electron chi connectivity index (χ1n) is 6.33. The van der Waals surface area contributed by atoms with Gasteiger partial charge in [0.05, 0.1) is 11.1 Å². The Morgan fingerprint density at radius 1 is 1.05 bits per heavy atom. The number of thioether (sulfide) groups is 1. The highest BCUT2D eigenvalue weighted by molar-refractivity contribution is 7.98. The first-order chi connectivity index (χ1) is 10.0. The van der Waals surface area contributed by atoms with E-state index < -0.39 is 5.91 Å². The van der Waals surface area contributed by atoms with E-state index in [-0.39, 0.29) is 5.91 Å². The number of furan rings is 1. The second-order valence-corrected chi connectivity index (χ2v) is 5.28. The molecule has 110 valence electrons. The van der Waals surface area contributed by atoms with Crippen LogP contribution < -0.4 is 10.9 Å². The van der Waals surface area contributed by atoms with Gasteiger partial charge < -0.3 is 4.42 Å². The number of benzene rings is 1. The molecule has 2 N–H and O–H groups in total. The van der Waals surface area contributed by atoms with Gasteiger partial charge in [0.25, 0.3) is 11.8 Å². The van der Waals surface area contributed by atoms with Crippen molar-refractivity contribution in [2.45, 2.75) is 18.7 Å². The Labute approximate surface area is 127 Å². The Bertz CT molecular complexity index is 679. The van der Waals surface area contributed by atoms with E-state index in [0.717, 1.165) is 4.90 Å². The van der Waals surface area contributed by atoms with Crippen molar-refractivity contribution < 1.29 is 14.0 Å². The molecule has 21 heavy (non-hydrogen) atoms. The average Bonchev–Trinajstić information content (AvgIpc) is 2.83. The predicted octanol–water partition coefficient (Wildman–Crippen LogP) is 2.69. The molecule has 1 aromatic heterocycles. The molecule has 2 amide bonds. The molecule has 1 aromatic carbocycles. The summed E-state index contributed by atoms with van der Waals surface area (Å²) in [5, 5.41) is 0. The molecule has 0 aliphatic carbocycles. The molecule has 5 nitrogen and oxygen atoms in total. The lowest BCUT2D eigenvalue weighted by Crippen LogP contribution is -2.41. The fraction of sp³-hybridized carbons (Fsp3) is 0.200. The normalized spacial score (nSPS) is 10.2. The van der Waals surface area contributed by atoms with Gasteiger partial charge in [-0.1, -0.05) is 12.1 Å². The van der Waals surface area contributed by atoms with E-state index in [9.17, 15) is 9.59 Å². The van der Waals surface area contributed by atoms with Gasteiger partial charge in [-0.2, -0.15) is 0 Å². The largest absolute Gasteiger partial charge is 0.466 e. The van der Waals surface area contributed by atoms with Crippen LogP contribution in [0.5, 0.6) is 0 Å². The highest BCUT2D eigenvalue weighted by Crippen LogP contribution is 2.19. The van der Waals surface area contributed by atoms with Crippen molar-refractivity contribution in [3.63, 3.8) is 0 Å². The first-order valence-corrected chi connectivity index (χ1v) is 7.56. The van der Waals surface area contributed by atoms with Crippen molar-refractivity contribution in [1.29, 1.82) is 0 Å². The molecule has 0 atom stereocenters. The van der Waals surface area contributed by atoms with E-state index in [1.807, 2.05) is 18.4 Å². The van der Waals surface area contributed by atoms with Crippen molar-refractivity contribution in [1.82, 2.24) is 10.9 Å². The number of nitrogens with one attached hydrogen (secondary N) is 2. The molecule has 2 rings (SSSR count). The molecule has 0 bridgehead atoms. The summed E-state index contributed by atoms with van der Waals surface area (Å²) >= 11 is 1.47. The minimum atomic E-state index is -0.403. The Morgan fingerprint density at radius 2 is 1.67 bits per heavy atom. The molecule has 0 aliphatic heterocycles. The summed E-state index contributed by atoms with van der Waals surface area (Å²) in [6.07, 6.45) is 1.89. The highest BCUT2D eigenvalue weighted by Gasteiger charge is 2.15. The number of carbonyl (C=O) groups is 2. The molecule has 1 heterocycles. The van der Waals surface area contributed by atoms with E-state index in [1.54, 1.807) is 32.0 Å². The second-order valence-electron chi connectivity index (χ2n) is 4.44. The third kappa shape index (κ3) is 3.46. The van der Waals surface area contributed by atoms with E-state index in [0.29, 0.717) is 22.6 Å². The molecule has 2 aromatic rings. The molecule has 0 radical (unpaired) electrons. The summed E-state index contributed by atoms with van der Waals surface area (Å²) in [6, 6.07) is 8.83. The van der Waals surface area contributed by atoms with Gasteiger partial charge >= 0.3 is 0 Å². The zero-order valence-electron chi connectivity index (χ0n) is 12.0. The summed E-state index contributed by atoms with van der Waals surface area (Å²) in [6.45, 7) is 3.46. The summed E-state index contributed by atoms with van der Waals surface area (Å²) in [5.41, 5.74) is 5.74. The van der Waals surface area contributed by atoms with E-state index >= 15 is 0 Å². The molecule has 6 heteroatoms. The van der Waals surface area contributed by atoms with Gasteiger partial charge in [-0.15, -0.1) is 11.8 Å². The maximum Gasteiger partial charge on any atom is 0.273 e. The maximum atomic E-state index is 12.1. The number of carbonyl (C=O) groups excluding carboxylic acids is 2. The number of hydrogen-bond acceptors (Lipinski definition) is 4. The van der Waals surface area contributed by atoms with Gasteiger partial charge in [0, 0.05) is 4.90 Å². The molecule has 0 unspecified atom stereocenters. The van der Waals surface area contributed by atoms with Crippen LogP contribution in [0.2, 0.25) is 0 Å². The van der Waals surface area contributed by atoms with Gasteiger partial charge in [-0.25, -0.2) is 0 Å². The Kier molecular flexibility index (Phi) is 4.70. The summed E-state index contributed by atoms with van der Waals surface area (Å²) < 4.78 is 5.29. The van der Waals surface area contributed by atoms with Gasteiger partial charge in [0.15, 0.2) is 0 Å². The molecule has 0 aliphatic rings. The SMILES string of the molecule is CSc1ccccc1C(=O)NNC(=O)c1cc(C)oc1C. The third-order valence-electron chi connectivity index (χ3n) is 2.93. The topological polar surface area (TPSA) is 71.3 Å². The van der Waals surface area contributed by atoms with Crippen LogP contribution >= 0.6 is 11.8 Å². The number of hydrogen-bond donors (Lipinski definition) is 2. The standard InChI is InChI=1S/C15H16N2O3S/c1-9-8-12(10(2)20-9)15(19)17-16-14(18)11-6-4-5-7-13(11)21-3/h4-8H,1-3H3,(H,16,18)(H,17,19). The van der Waals surface area contributed by atoms with Crippen molar-refractivity contribution in [3.8, 4) is 0 Å². The van der Waals surface area contributed by atoms with Gasteiger partial charge in [0.1, 0.15) is 11.5 Å². The van der Waals surface area contributed by atoms with Crippen molar-refractivity contribution in [2.24, 2.45) is 0 Å². The van der Waals surface area contributed by atoms with E-state index in [2.05, 4.69) is 10.9 Å². The van der Waals surface area contributed by atoms with Crippen LogP contribution in [0.15, 0.2) is 39.6 Å². The quantitative estimate of drug-likeness (QED) is 0.675. The van der Waals surface area contributed by atoms with Crippen LogP contribution in [0.3, 0.4) is 0 Å². The Balaban J connectivity index is 2.04. The smallest absolute Gasteiger partial charge is 0.273 e. The maximum absolute atomic E-state index is 12.1. The van der Waals surface area contributed by atoms with Crippen LogP contribution in [0.4, 0.5) is 0 Å². The summed E-state index contributed by atoms with van der Waals surface area (Å²) in [4.78, 5) is 24.9. The number of aryl methyl sites for hydroxylation is 2. The lowest BCUT2D eigenvalue weighted by atomic mass is 10.2. The lowest BCUT2D eigenvalue weighted by Gasteiger charge is -2.09. The van der Waals surface area contributed by atoms with Gasteiger partial charge in [-0.3, -0.25) is 20.4 Å². The van der Waals surface area contributed by atoms with Crippen LogP contribution in [-0.2, 0) is 0 Å². The van der Waals surface area contributed by atoms with Crippen molar-refractivity contribution in [2.75, 3.05) is 6.26 Å². The lowest BCUT2D eigenvalue weighted by molar-refractivity contribution is 0.0844. The highest BCUT2D eigenvalue weighted by atomic mass is 32.2. The Hall–Kier alpha value is -2.21. The van der Waals surface area contributed by atoms with Gasteiger partial charge in [0.2, 0.25) is 0 Å². The van der Waals surface area contributed by atoms with Crippen LogP contribution in [0.1, 0.15) is 32.2 Å². The number of hydrazine groups is 1. The summed E-state index contributed by atoms with van der Waals surface area (Å²) in [7, 11) is 0. The molecular formula is C15H16N2O3S. The Morgan fingerprint density at radius 3 is 2.24 bits per heavy atom. The zero-order chi connectivity index (χ0) is 15.4. The molecule has 0 saturated carbocycles. The average molecular weight is 304 g/mol. The minimum absolute atomic E-state index is 0.355. The fourth-order valence-corrected chi connectivity index (χ4v) is 2.53. The number of rotatable bonds is 3. The number of amides is 2. The predicted molar refractivity (Wildman–Crippen MR) is 81.3 cm³/mol. The van der Waals surface area contributed by atoms with E-state index in [1.165, 1.54) is 11.8 Å². The first kappa shape index (κ1) is 15.2. The third-order valence-corrected chi connectivity index (χ3v) is 3.72. The fourth-order valence-electron chi connectivity index (χ4n) is 1.94. The van der Waals surface area contributed by atoms with Crippen LogP contribution in [-0.4, -0.2) is 18.1 Å². The van der Waals surface area contributed by atoms with Crippen molar-refractivity contribution in [3.05, 3.63) is 53.0 Å². The van der Waals surface area contributed by atoms with Crippen molar-refractivity contribution >= 4 is 23.6 Å². The molecular weight excluding hydrogens is 288 g/mol. The van der Waals surface area contributed by atoms with E-state index in [4.69, 9.17) is 4.42 Å². The van der Waals surface area contributed by atoms with Crippen LogP contribution in [0.25, 0.3) is 0 Å². The monoisotopic (exact) mass is 304 g/mol. The summed E-state index contributed by atoms with van der Waals surface area (Å²) in [5.74, 6) is 0.408. The molecule has 0 spiro atoms. The van der Waals surface area contributed by atoms with Crippen LogP contribution in [0, 0.1) is 13.8 Å². The molecule has 0 saturated heterocycles. The zero-order valence-corrected chi connectivity index (χ0v) is 12.8. The molecule has 0 fully saturated rings. The second kappa shape index (κ2) is 6.49.